The normalized spacial score (nSPS) is 15.2. The van der Waals surface area contributed by atoms with Crippen LogP contribution in [-0.4, -0.2) is 25.1 Å². The number of fused-ring (bicyclic) bond motifs is 1. The van der Waals surface area contributed by atoms with Gasteiger partial charge in [-0.25, -0.2) is 4.79 Å². The zero-order valence-corrected chi connectivity index (χ0v) is 16.7. The van der Waals surface area contributed by atoms with Gasteiger partial charge >= 0.3 is 5.97 Å². The van der Waals surface area contributed by atoms with Crippen LogP contribution in [0, 0.1) is 17.2 Å². The number of amides is 1. The number of benzene rings is 1. The SMILES string of the molecule is CCOC(=O)c1c(NC(=O)COc2ccccc2C#N)sc2c1CC[C@H](C)C2. The van der Waals surface area contributed by atoms with Crippen LogP contribution < -0.4 is 10.1 Å². The molecule has 1 aromatic heterocycles. The van der Waals surface area contributed by atoms with Crippen LogP contribution in [0.3, 0.4) is 0 Å². The molecular weight excluding hydrogens is 376 g/mol. The summed E-state index contributed by atoms with van der Waals surface area (Å²) in [6.07, 6.45) is 2.72. The second-order valence-corrected chi connectivity index (χ2v) is 7.83. The summed E-state index contributed by atoms with van der Waals surface area (Å²) in [6, 6.07) is 8.76. The molecule has 0 aliphatic heterocycles. The van der Waals surface area contributed by atoms with Gasteiger partial charge in [-0.05, 0) is 49.8 Å². The van der Waals surface area contributed by atoms with Gasteiger partial charge in [0.2, 0.25) is 0 Å². The van der Waals surface area contributed by atoms with Gasteiger partial charge in [0.15, 0.2) is 6.61 Å². The highest BCUT2D eigenvalue weighted by Gasteiger charge is 2.29. The molecule has 6 nitrogen and oxygen atoms in total. The summed E-state index contributed by atoms with van der Waals surface area (Å²) in [5, 5.41) is 12.4. The molecule has 0 spiro atoms. The van der Waals surface area contributed by atoms with Crippen molar-refractivity contribution in [2.45, 2.75) is 33.1 Å². The van der Waals surface area contributed by atoms with Crippen molar-refractivity contribution < 1.29 is 19.1 Å². The van der Waals surface area contributed by atoms with E-state index in [2.05, 4.69) is 12.2 Å². The Morgan fingerprint density at radius 3 is 2.89 bits per heavy atom. The lowest BCUT2D eigenvalue weighted by molar-refractivity contribution is -0.118. The van der Waals surface area contributed by atoms with E-state index in [0.717, 1.165) is 29.7 Å². The fourth-order valence-corrected chi connectivity index (χ4v) is 4.66. The maximum Gasteiger partial charge on any atom is 0.341 e. The fourth-order valence-electron chi connectivity index (χ4n) is 3.25. The lowest BCUT2D eigenvalue weighted by Gasteiger charge is -2.18. The van der Waals surface area contributed by atoms with Crippen LogP contribution in [0.2, 0.25) is 0 Å². The molecule has 146 valence electrons. The molecule has 0 saturated carbocycles. The van der Waals surface area contributed by atoms with Gasteiger partial charge in [-0.2, -0.15) is 5.26 Å². The van der Waals surface area contributed by atoms with E-state index in [1.54, 1.807) is 31.2 Å². The van der Waals surface area contributed by atoms with Crippen LogP contribution in [0.4, 0.5) is 5.00 Å². The number of carbonyl (C=O) groups is 2. The van der Waals surface area contributed by atoms with Crippen molar-refractivity contribution in [3.8, 4) is 11.8 Å². The number of anilines is 1. The Bertz CT molecular complexity index is 929. The third-order valence-corrected chi connectivity index (χ3v) is 5.78. The number of rotatable bonds is 6. The molecule has 1 aliphatic rings. The summed E-state index contributed by atoms with van der Waals surface area (Å²) in [5.74, 6) is 0.117. The molecule has 2 aromatic rings. The molecule has 0 unspecified atom stereocenters. The van der Waals surface area contributed by atoms with Crippen molar-refractivity contribution in [2.24, 2.45) is 5.92 Å². The van der Waals surface area contributed by atoms with Crippen molar-refractivity contribution in [1.29, 1.82) is 5.26 Å². The van der Waals surface area contributed by atoms with Gasteiger partial charge in [-0.1, -0.05) is 19.1 Å². The first-order valence-corrected chi connectivity index (χ1v) is 10.1. The quantitative estimate of drug-likeness (QED) is 0.745. The first-order chi connectivity index (χ1) is 13.5. The van der Waals surface area contributed by atoms with Crippen LogP contribution in [0.25, 0.3) is 0 Å². The van der Waals surface area contributed by atoms with Crippen LogP contribution in [0.1, 0.15) is 46.6 Å². The number of carbonyl (C=O) groups excluding carboxylic acids is 2. The maximum atomic E-state index is 12.5. The van der Waals surface area contributed by atoms with E-state index >= 15 is 0 Å². The molecule has 1 atom stereocenters. The highest BCUT2D eigenvalue weighted by molar-refractivity contribution is 7.17. The second kappa shape index (κ2) is 8.89. The zero-order valence-electron chi connectivity index (χ0n) is 15.9. The standard InChI is InChI=1S/C21H22N2O4S/c1-3-26-21(25)19-15-9-8-13(2)10-17(15)28-20(19)23-18(24)12-27-16-7-5-4-6-14(16)11-22/h4-7,13H,3,8-10,12H2,1-2H3,(H,23,24)/t13-/m0/s1. The van der Waals surface area contributed by atoms with Crippen LogP contribution in [0.15, 0.2) is 24.3 Å². The largest absolute Gasteiger partial charge is 0.482 e. The Hall–Kier alpha value is -2.85. The van der Waals surface area contributed by atoms with Crippen molar-refractivity contribution in [3.05, 3.63) is 45.8 Å². The minimum Gasteiger partial charge on any atom is -0.482 e. The van der Waals surface area contributed by atoms with E-state index < -0.39 is 5.97 Å². The third kappa shape index (κ3) is 4.34. The molecule has 3 rings (SSSR count). The average Bonchev–Trinajstić information content (AvgIpc) is 3.03. The van der Waals surface area contributed by atoms with Gasteiger partial charge in [-0.15, -0.1) is 11.3 Å². The Balaban J connectivity index is 1.76. The van der Waals surface area contributed by atoms with Crippen LogP contribution >= 0.6 is 11.3 Å². The third-order valence-electron chi connectivity index (χ3n) is 4.61. The lowest BCUT2D eigenvalue weighted by atomic mass is 9.88. The van der Waals surface area contributed by atoms with E-state index in [0.29, 0.717) is 27.8 Å². The molecule has 1 heterocycles. The maximum absolute atomic E-state index is 12.5. The van der Waals surface area contributed by atoms with E-state index in [-0.39, 0.29) is 19.1 Å². The molecule has 0 bridgehead atoms. The molecule has 1 aromatic carbocycles. The summed E-state index contributed by atoms with van der Waals surface area (Å²) in [6.45, 7) is 3.98. The Morgan fingerprint density at radius 2 is 2.14 bits per heavy atom. The number of para-hydroxylation sites is 1. The number of ether oxygens (including phenoxy) is 2. The Labute approximate surface area is 168 Å². The molecule has 7 heteroatoms. The smallest absolute Gasteiger partial charge is 0.341 e. The molecule has 28 heavy (non-hydrogen) atoms. The number of nitrogens with one attached hydrogen (secondary N) is 1. The summed E-state index contributed by atoms with van der Waals surface area (Å²) in [4.78, 5) is 26.1. The minimum absolute atomic E-state index is 0.250. The van der Waals surface area contributed by atoms with Gasteiger partial charge in [-0.3, -0.25) is 4.79 Å². The first-order valence-electron chi connectivity index (χ1n) is 9.26. The van der Waals surface area contributed by atoms with Crippen molar-refractivity contribution in [1.82, 2.24) is 0 Å². The van der Waals surface area contributed by atoms with E-state index in [4.69, 9.17) is 14.7 Å². The van der Waals surface area contributed by atoms with Gasteiger partial charge in [0.05, 0.1) is 17.7 Å². The number of thiophene rings is 1. The van der Waals surface area contributed by atoms with Gasteiger partial charge in [0, 0.05) is 4.88 Å². The number of nitriles is 1. The van der Waals surface area contributed by atoms with Crippen LogP contribution in [0.5, 0.6) is 5.75 Å². The number of esters is 1. The number of nitrogens with zero attached hydrogens (tertiary/aromatic N) is 1. The highest BCUT2D eigenvalue weighted by atomic mass is 32.1. The minimum atomic E-state index is -0.402. The molecule has 0 fully saturated rings. The average molecular weight is 398 g/mol. The molecular formula is C21H22N2O4S. The summed E-state index contributed by atoms with van der Waals surface area (Å²) in [5.41, 5.74) is 1.83. The molecule has 0 radical (unpaired) electrons. The van der Waals surface area contributed by atoms with Gasteiger partial charge in [0.25, 0.3) is 5.91 Å². The summed E-state index contributed by atoms with van der Waals surface area (Å²) >= 11 is 1.44. The van der Waals surface area contributed by atoms with E-state index in [1.165, 1.54) is 11.3 Å². The Morgan fingerprint density at radius 1 is 1.36 bits per heavy atom. The van der Waals surface area contributed by atoms with E-state index in [1.807, 2.05) is 6.07 Å². The fraction of sp³-hybridized carbons (Fsp3) is 0.381. The lowest BCUT2D eigenvalue weighted by Crippen LogP contribution is -2.21. The molecule has 1 amide bonds. The van der Waals surface area contributed by atoms with Crippen molar-refractivity contribution in [3.63, 3.8) is 0 Å². The highest BCUT2D eigenvalue weighted by Crippen LogP contribution is 2.40. The number of hydrogen-bond acceptors (Lipinski definition) is 6. The molecule has 1 aliphatic carbocycles. The molecule has 1 N–H and O–H groups in total. The summed E-state index contributed by atoms with van der Waals surface area (Å²) in [7, 11) is 0. The summed E-state index contributed by atoms with van der Waals surface area (Å²) < 4.78 is 10.7. The van der Waals surface area contributed by atoms with Gasteiger partial charge < -0.3 is 14.8 Å². The second-order valence-electron chi connectivity index (χ2n) is 6.72. The Kier molecular flexibility index (Phi) is 6.32. The predicted molar refractivity (Wildman–Crippen MR) is 107 cm³/mol. The monoisotopic (exact) mass is 398 g/mol. The number of hydrogen-bond donors (Lipinski definition) is 1. The predicted octanol–water partition coefficient (Wildman–Crippen LogP) is 3.94. The topological polar surface area (TPSA) is 88.4 Å². The van der Waals surface area contributed by atoms with Crippen molar-refractivity contribution >= 4 is 28.2 Å². The van der Waals surface area contributed by atoms with Crippen LogP contribution in [-0.2, 0) is 22.4 Å². The van der Waals surface area contributed by atoms with Gasteiger partial charge in [0.1, 0.15) is 16.8 Å². The molecule has 0 saturated heterocycles. The van der Waals surface area contributed by atoms with E-state index in [9.17, 15) is 9.59 Å². The zero-order chi connectivity index (χ0) is 20.1. The van der Waals surface area contributed by atoms with Crippen molar-refractivity contribution in [2.75, 3.05) is 18.5 Å². The first kappa shape index (κ1) is 19.9.